The first-order valence-corrected chi connectivity index (χ1v) is 12.3. The predicted molar refractivity (Wildman–Crippen MR) is 131 cm³/mol. The van der Waals surface area contributed by atoms with E-state index in [0.29, 0.717) is 46.6 Å². The number of rotatable bonds is 8. The van der Waals surface area contributed by atoms with Crippen molar-refractivity contribution in [2.24, 2.45) is 0 Å². The fourth-order valence-corrected chi connectivity index (χ4v) is 4.68. The summed E-state index contributed by atoms with van der Waals surface area (Å²) in [6, 6.07) is 14.4. The van der Waals surface area contributed by atoms with E-state index >= 15 is 0 Å². The number of fused-ring (bicyclic) bond motifs is 1. The van der Waals surface area contributed by atoms with Crippen LogP contribution in [0.2, 0.25) is 0 Å². The van der Waals surface area contributed by atoms with Gasteiger partial charge in [0.05, 0.1) is 29.4 Å². The summed E-state index contributed by atoms with van der Waals surface area (Å²) in [5.41, 5.74) is 7.88. The van der Waals surface area contributed by atoms with Crippen LogP contribution in [0.5, 0.6) is 17.4 Å². The Bertz CT molecular complexity index is 1650. The summed E-state index contributed by atoms with van der Waals surface area (Å²) in [5, 5.41) is 7.46. The lowest BCUT2D eigenvalue weighted by atomic mass is 10.3. The molecule has 0 saturated heterocycles. The average Bonchev–Trinajstić information content (AvgIpc) is 3.46. The number of hydrogen-bond donors (Lipinski definition) is 2. The van der Waals surface area contributed by atoms with Crippen LogP contribution in [0, 0.1) is 0 Å². The van der Waals surface area contributed by atoms with Gasteiger partial charge in [0.25, 0.3) is 10.0 Å². The average molecular weight is 508 g/mol. The number of hydrogen-bond acceptors (Lipinski definition) is 10. The summed E-state index contributed by atoms with van der Waals surface area (Å²) in [5.74, 6) is 1.89. The van der Waals surface area contributed by atoms with Gasteiger partial charge in [-0.2, -0.15) is 0 Å². The maximum atomic E-state index is 12.8. The van der Waals surface area contributed by atoms with E-state index in [1.807, 2.05) is 11.5 Å². The number of imidazole rings is 1. The van der Waals surface area contributed by atoms with Crippen molar-refractivity contribution in [3.63, 3.8) is 0 Å². The number of nitrogens with two attached hydrogens (primary N) is 1. The van der Waals surface area contributed by atoms with Gasteiger partial charge < -0.3 is 19.8 Å². The van der Waals surface area contributed by atoms with Gasteiger partial charge in [0.2, 0.25) is 5.88 Å². The molecule has 0 spiro atoms. The Balaban J connectivity index is 1.40. The summed E-state index contributed by atoms with van der Waals surface area (Å²) in [6.07, 6.45) is 1.57. The molecule has 0 aliphatic heterocycles. The molecule has 3 heterocycles. The van der Waals surface area contributed by atoms with Crippen molar-refractivity contribution in [2.45, 2.75) is 18.4 Å². The molecule has 36 heavy (non-hydrogen) atoms. The predicted octanol–water partition coefficient (Wildman–Crippen LogP) is 3.69. The summed E-state index contributed by atoms with van der Waals surface area (Å²) in [7, 11) is -2.29. The van der Waals surface area contributed by atoms with Crippen LogP contribution in [0.15, 0.2) is 70.3 Å². The Labute approximate surface area is 205 Å². The number of ether oxygens (including phenoxy) is 2. The number of pyridine rings is 1. The second kappa shape index (κ2) is 9.19. The first-order valence-electron chi connectivity index (χ1n) is 10.8. The molecule has 0 amide bonds. The van der Waals surface area contributed by atoms with Crippen molar-refractivity contribution in [2.75, 3.05) is 17.6 Å². The van der Waals surface area contributed by atoms with Crippen LogP contribution in [0.4, 0.5) is 11.5 Å². The molecule has 0 saturated carbocycles. The molecule has 0 bridgehead atoms. The third-order valence-electron chi connectivity index (χ3n) is 5.33. The van der Waals surface area contributed by atoms with Crippen LogP contribution in [0.1, 0.15) is 6.92 Å². The van der Waals surface area contributed by atoms with E-state index in [-0.39, 0.29) is 10.7 Å². The fraction of sp³-hybridized carbons (Fsp3) is 0.130. The second-order valence-corrected chi connectivity index (χ2v) is 9.28. The molecular weight excluding hydrogens is 486 g/mol. The number of aromatic nitrogens is 5. The third-order valence-corrected chi connectivity index (χ3v) is 6.73. The quantitative estimate of drug-likeness (QED) is 0.317. The van der Waals surface area contributed by atoms with Crippen molar-refractivity contribution in [1.82, 2.24) is 24.8 Å². The lowest BCUT2D eigenvalue weighted by Crippen LogP contribution is -2.12. The van der Waals surface area contributed by atoms with Crippen molar-refractivity contribution < 1.29 is 22.5 Å². The van der Waals surface area contributed by atoms with Crippen LogP contribution >= 0.6 is 0 Å². The second-order valence-electron chi connectivity index (χ2n) is 7.60. The number of aryl methyl sites for hydroxylation is 1. The number of anilines is 2. The number of nitrogens with zero attached hydrogens (tertiary/aromatic N) is 5. The SMILES string of the molecule is CCn1c(-c2nonc2N)nc2cnc(Oc3cccc(NS(=O)(=O)c4ccc(OC)cc4)c3)cc21. The number of sulfonamides is 1. The highest BCUT2D eigenvalue weighted by molar-refractivity contribution is 7.92. The Morgan fingerprint density at radius 2 is 1.89 bits per heavy atom. The van der Waals surface area contributed by atoms with E-state index in [4.69, 9.17) is 19.8 Å². The molecule has 3 aromatic heterocycles. The largest absolute Gasteiger partial charge is 0.497 e. The summed E-state index contributed by atoms with van der Waals surface area (Å²) in [4.78, 5) is 8.98. The van der Waals surface area contributed by atoms with Gasteiger partial charge in [0, 0.05) is 18.7 Å². The molecule has 3 N–H and O–H groups in total. The van der Waals surface area contributed by atoms with E-state index in [2.05, 4.69) is 25.0 Å². The molecule has 13 heteroatoms. The van der Waals surface area contributed by atoms with Crippen molar-refractivity contribution in [3.05, 3.63) is 60.8 Å². The Kier molecular flexibility index (Phi) is 5.90. The first-order chi connectivity index (χ1) is 17.4. The van der Waals surface area contributed by atoms with Gasteiger partial charge in [-0.25, -0.2) is 23.0 Å². The highest BCUT2D eigenvalue weighted by Crippen LogP contribution is 2.30. The monoisotopic (exact) mass is 507 g/mol. The molecule has 0 atom stereocenters. The van der Waals surface area contributed by atoms with Gasteiger partial charge >= 0.3 is 0 Å². The molecule has 12 nitrogen and oxygen atoms in total. The fourth-order valence-electron chi connectivity index (χ4n) is 3.63. The topological polar surface area (TPSA) is 160 Å². The molecule has 184 valence electrons. The molecule has 5 aromatic rings. The number of nitrogens with one attached hydrogen (secondary N) is 1. The van der Waals surface area contributed by atoms with Gasteiger partial charge in [-0.05, 0) is 53.6 Å². The summed E-state index contributed by atoms with van der Waals surface area (Å²) < 4.78 is 45.7. The van der Waals surface area contributed by atoms with E-state index in [1.54, 1.807) is 48.7 Å². The zero-order valence-electron chi connectivity index (χ0n) is 19.2. The van der Waals surface area contributed by atoms with E-state index in [1.165, 1.54) is 19.2 Å². The smallest absolute Gasteiger partial charge is 0.261 e. The lowest BCUT2D eigenvalue weighted by Gasteiger charge is -2.11. The summed E-state index contributed by atoms with van der Waals surface area (Å²) >= 11 is 0. The van der Waals surface area contributed by atoms with E-state index < -0.39 is 10.0 Å². The lowest BCUT2D eigenvalue weighted by molar-refractivity contribution is 0.310. The Hall–Kier alpha value is -4.65. The van der Waals surface area contributed by atoms with Gasteiger partial charge in [0.1, 0.15) is 17.0 Å². The zero-order valence-corrected chi connectivity index (χ0v) is 20.1. The van der Waals surface area contributed by atoms with Gasteiger partial charge in [-0.3, -0.25) is 4.72 Å². The molecule has 5 rings (SSSR count). The molecule has 0 aliphatic rings. The molecular formula is C23H21N7O5S. The minimum atomic E-state index is -3.81. The van der Waals surface area contributed by atoms with Crippen LogP contribution in [0.25, 0.3) is 22.6 Å². The maximum absolute atomic E-state index is 12.8. The van der Waals surface area contributed by atoms with Gasteiger partial charge in [-0.1, -0.05) is 6.07 Å². The summed E-state index contributed by atoms with van der Waals surface area (Å²) in [6.45, 7) is 2.53. The van der Waals surface area contributed by atoms with Crippen LogP contribution < -0.4 is 19.9 Å². The minimum Gasteiger partial charge on any atom is -0.497 e. The highest BCUT2D eigenvalue weighted by atomic mass is 32.2. The first kappa shape index (κ1) is 23.1. The Morgan fingerprint density at radius 3 is 2.58 bits per heavy atom. The van der Waals surface area contributed by atoms with Crippen LogP contribution in [0.3, 0.4) is 0 Å². The molecule has 0 radical (unpaired) electrons. The normalized spacial score (nSPS) is 11.5. The van der Waals surface area contributed by atoms with E-state index in [9.17, 15) is 8.42 Å². The number of benzene rings is 2. The highest BCUT2D eigenvalue weighted by Gasteiger charge is 2.19. The molecule has 0 unspecified atom stereocenters. The van der Waals surface area contributed by atoms with Crippen molar-refractivity contribution in [1.29, 1.82) is 0 Å². The van der Waals surface area contributed by atoms with Crippen molar-refractivity contribution >= 4 is 32.6 Å². The maximum Gasteiger partial charge on any atom is 0.261 e. The zero-order chi connectivity index (χ0) is 25.3. The molecule has 0 fully saturated rings. The standard InChI is InChI=1S/C23H21N7O5S/c1-3-30-19-12-20(25-13-18(19)26-23(30)21-22(24)28-35-27-21)34-16-6-4-5-14(11-16)29-36(31,32)17-9-7-15(33-2)8-10-17/h4-13,29H,3H2,1-2H3,(H2,24,28). The third kappa shape index (κ3) is 4.38. The molecule has 0 aliphatic carbocycles. The van der Waals surface area contributed by atoms with Crippen LogP contribution in [-0.4, -0.2) is 40.4 Å². The van der Waals surface area contributed by atoms with Gasteiger partial charge in [-0.15, -0.1) is 0 Å². The Morgan fingerprint density at radius 1 is 1.08 bits per heavy atom. The van der Waals surface area contributed by atoms with Crippen molar-refractivity contribution in [3.8, 4) is 28.9 Å². The van der Waals surface area contributed by atoms with Crippen LogP contribution in [-0.2, 0) is 16.6 Å². The minimum absolute atomic E-state index is 0.105. The van der Waals surface area contributed by atoms with E-state index in [0.717, 1.165) is 5.52 Å². The molecule has 2 aromatic carbocycles. The number of methoxy groups -OCH3 is 1. The number of nitrogen functional groups attached to an aromatic ring is 1. The van der Waals surface area contributed by atoms with Gasteiger partial charge in [0.15, 0.2) is 17.3 Å².